The number of methoxy groups -OCH3 is 1. The lowest BCUT2D eigenvalue weighted by Crippen LogP contribution is -2.19. The van der Waals surface area contributed by atoms with E-state index >= 15 is 0 Å². The molecule has 0 saturated heterocycles. The Morgan fingerprint density at radius 2 is 1.92 bits per heavy atom. The number of benzene rings is 2. The van der Waals surface area contributed by atoms with Crippen LogP contribution in [0.15, 0.2) is 54.7 Å². The number of anilines is 2. The number of ether oxygens (including phenoxy) is 1. The van der Waals surface area contributed by atoms with Crippen LogP contribution in [0.25, 0.3) is 11.1 Å². The van der Waals surface area contributed by atoms with Gasteiger partial charge in [0, 0.05) is 23.5 Å². The summed E-state index contributed by atoms with van der Waals surface area (Å²) in [6.45, 7) is 0.998. The van der Waals surface area contributed by atoms with Crippen molar-refractivity contribution < 1.29 is 9.53 Å². The SMILES string of the molecule is COc1ccccc1NC(=O)Nc1ccc(-c2cnn3c2CCC3)cc1. The molecule has 0 fully saturated rings. The number of nitrogens with zero attached hydrogens (tertiary/aromatic N) is 2. The Labute approximate surface area is 151 Å². The van der Waals surface area contributed by atoms with Crippen LogP contribution in [0, 0.1) is 0 Å². The van der Waals surface area contributed by atoms with Crippen LogP contribution in [-0.2, 0) is 13.0 Å². The summed E-state index contributed by atoms with van der Waals surface area (Å²) in [5, 5.41) is 10.1. The van der Waals surface area contributed by atoms with E-state index in [1.807, 2.05) is 42.6 Å². The maximum atomic E-state index is 12.2. The van der Waals surface area contributed by atoms with Crippen LogP contribution in [0.1, 0.15) is 12.1 Å². The van der Waals surface area contributed by atoms with Gasteiger partial charge in [-0.1, -0.05) is 24.3 Å². The molecule has 26 heavy (non-hydrogen) atoms. The highest BCUT2D eigenvalue weighted by Gasteiger charge is 2.17. The molecule has 1 aromatic heterocycles. The highest BCUT2D eigenvalue weighted by atomic mass is 16.5. The molecule has 2 heterocycles. The summed E-state index contributed by atoms with van der Waals surface area (Å²) < 4.78 is 7.31. The van der Waals surface area contributed by atoms with Crippen molar-refractivity contribution in [1.29, 1.82) is 0 Å². The standard InChI is InChI=1S/C20H20N4O2/c1-26-19-7-3-2-5-17(19)23-20(25)22-15-10-8-14(9-11-15)16-13-21-24-12-4-6-18(16)24/h2-3,5,7-11,13H,4,6,12H2,1H3,(H2,22,23,25). The molecule has 4 rings (SSSR count). The highest BCUT2D eigenvalue weighted by Crippen LogP contribution is 2.29. The van der Waals surface area contributed by atoms with Gasteiger partial charge in [-0.2, -0.15) is 5.10 Å². The molecule has 0 radical (unpaired) electrons. The number of para-hydroxylation sites is 2. The van der Waals surface area contributed by atoms with E-state index in [1.165, 1.54) is 11.3 Å². The Kier molecular flexibility index (Phi) is 4.31. The maximum Gasteiger partial charge on any atom is 0.323 e. The molecule has 0 unspecified atom stereocenters. The van der Waals surface area contributed by atoms with E-state index in [-0.39, 0.29) is 6.03 Å². The van der Waals surface area contributed by atoms with Gasteiger partial charge < -0.3 is 15.4 Å². The van der Waals surface area contributed by atoms with E-state index in [9.17, 15) is 4.79 Å². The molecule has 0 atom stereocenters. The van der Waals surface area contributed by atoms with Gasteiger partial charge in [-0.05, 0) is 42.7 Å². The minimum atomic E-state index is -0.311. The first-order valence-corrected chi connectivity index (χ1v) is 8.61. The zero-order valence-electron chi connectivity index (χ0n) is 14.5. The van der Waals surface area contributed by atoms with Gasteiger partial charge in [-0.3, -0.25) is 4.68 Å². The number of aromatic nitrogens is 2. The molecule has 3 aromatic rings. The highest BCUT2D eigenvalue weighted by molar-refractivity contribution is 6.00. The van der Waals surface area contributed by atoms with Crippen LogP contribution in [0.2, 0.25) is 0 Å². The topological polar surface area (TPSA) is 68.2 Å². The molecule has 2 aromatic carbocycles. The smallest absolute Gasteiger partial charge is 0.323 e. The monoisotopic (exact) mass is 348 g/mol. The molecular weight excluding hydrogens is 328 g/mol. The minimum absolute atomic E-state index is 0.311. The van der Waals surface area contributed by atoms with Gasteiger partial charge in [0.2, 0.25) is 0 Å². The molecule has 1 aliphatic rings. The van der Waals surface area contributed by atoms with Gasteiger partial charge in [0.1, 0.15) is 5.75 Å². The maximum absolute atomic E-state index is 12.2. The van der Waals surface area contributed by atoms with Crippen molar-refractivity contribution in [1.82, 2.24) is 9.78 Å². The molecule has 2 amide bonds. The zero-order valence-corrected chi connectivity index (χ0v) is 14.5. The first kappa shape index (κ1) is 16.2. The van der Waals surface area contributed by atoms with Gasteiger partial charge in [0.05, 0.1) is 19.0 Å². The molecule has 6 nitrogen and oxygen atoms in total. The summed E-state index contributed by atoms with van der Waals surface area (Å²) in [5.74, 6) is 0.619. The van der Waals surface area contributed by atoms with Crippen LogP contribution in [-0.4, -0.2) is 22.9 Å². The Bertz CT molecular complexity index is 931. The number of hydrogen-bond acceptors (Lipinski definition) is 3. The predicted octanol–water partition coefficient (Wildman–Crippen LogP) is 4.15. The van der Waals surface area contributed by atoms with E-state index < -0.39 is 0 Å². The van der Waals surface area contributed by atoms with Crippen molar-refractivity contribution in [3.8, 4) is 16.9 Å². The number of carbonyl (C=O) groups is 1. The van der Waals surface area contributed by atoms with Crippen LogP contribution in [0.3, 0.4) is 0 Å². The van der Waals surface area contributed by atoms with E-state index in [0.717, 1.165) is 30.6 Å². The summed E-state index contributed by atoms with van der Waals surface area (Å²) >= 11 is 0. The number of aryl methyl sites for hydroxylation is 1. The number of nitrogens with one attached hydrogen (secondary N) is 2. The quantitative estimate of drug-likeness (QED) is 0.744. The molecule has 1 aliphatic heterocycles. The van der Waals surface area contributed by atoms with Crippen molar-refractivity contribution >= 4 is 17.4 Å². The lowest BCUT2D eigenvalue weighted by molar-refractivity contribution is 0.262. The third-order valence-corrected chi connectivity index (χ3v) is 4.54. The van der Waals surface area contributed by atoms with Crippen molar-refractivity contribution in [2.24, 2.45) is 0 Å². The molecule has 0 bridgehead atoms. The third kappa shape index (κ3) is 3.13. The number of carbonyl (C=O) groups excluding carboxylic acids is 1. The van der Waals surface area contributed by atoms with Gasteiger partial charge in [-0.25, -0.2) is 4.79 Å². The van der Waals surface area contributed by atoms with Crippen molar-refractivity contribution in [2.45, 2.75) is 19.4 Å². The minimum Gasteiger partial charge on any atom is -0.495 e. The van der Waals surface area contributed by atoms with Crippen molar-refractivity contribution in [2.75, 3.05) is 17.7 Å². The second-order valence-corrected chi connectivity index (χ2v) is 6.19. The first-order chi connectivity index (χ1) is 12.7. The number of rotatable bonds is 4. The van der Waals surface area contributed by atoms with Gasteiger partial charge in [0.25, 0.3) is 0 Å². The largest absolute Gasteiger partial charge is 0.495 e. The number of urea groups is 1. The van der Waals surface area contributed by atoms with Crippen LogP contribution < -0.4 is 15.4 Å². The summed E-state index contributed by atoms with van der Waals surface area (Å²) in [4.78, 5) is 12.2. The number of amides is 2. The fourth-order valence-corrected chi connectivity index (χ4v) is 3.27. The number of hydrogen-bond donors (Lipinski definition) is 2. The molecule has 2 N–H and O–H groups in total. The van der Waals surface area contributed by atoms with E-state index in [4.69, 9.17) is 4.74 Å². The van der Waals surface area contributed by atoms with E-state index in [0.29, 0.717) is 11.4 Å². The summed E-state index contributed by atoms with van der Waals surface area (Å²) in [6.07, 6.45) is 4.14. The van der Waals surface area contributed by atoms with Crippen molar-refractivity contribution in [3.05, 3.63) is 60.4 Å². The molecular formula is C20H20N4O2. The average molecular weight is 348 g/mol. The molecule has 132 valence electrons. The normalized spacial score (nSPS) is 12.5. The van der Waals surface area contributed by atoms with Gasteiger partial charge in [-0.15, -0.1) is 0 Å². The fourth-order valence-electron chi connectivity index (χ4n) is 3.27. The van der Waals surface area contributed by atoms with E-state index in [1.54, 1.807) is 19.2 Å². The average Bonchev–Trinajstić information content (AvgIpc) is 3.26. The van der Waals surface area contributed by atoms with Crippen LogP contribution in [0.5, 0.6) is 5.75 Å². The Hall–Kier alpha value is -3.28. The lowest BCUT2D eigenvalue weighted by Gasteiger charge is -2.11. The lowest BCUT2D eigenvalue weighted by atomic mass is 10.0. The first-order valence-electron chi connectivity index (χ1n) is 8.61. The predicted molar refractivity (Wildman–Crippen MR) is 102 cm³/mol. The molecule has 0 aliphatic carbocycles. The second kappa shape index (κ2) is 6.92. The molecule has 0 spiro atoms. The van der Waals surface area contributed by atoms with Gasteiger partial charge in [0.15, 0.2) is 0 Å². The second-order valence-electron chi connectivity index (χ2n) is 6.19. The zero-order chi connectivity index (χ0) is 17.9. The summed E-state index contributed by atoms with van der Waals surface area (Å²) in [5.41, 5.74) is 4.93. The van der Waals surface area contributed by atoms with E-state index in [2.05, 4.69) is 20.4 Å². The fraction of sp³-hybridized carbons (Fsp3) is 0.200. The van der Waals surface area contributed by atoms with Crippen LogP contribution in [0.4, 0.5) is 16.2 Å². The van der Waals surface area contributed by atoms with Crippen molar-refractivity contribution in [3.63, 3.8) is 0 Å². The summed E-state index contributed by atoms with van der Waals surface area (Å²) in [6, 6.07) is 14.8. The molecule has 6 heteroatoms. The third-order valence-electron chi connectivity index (χ3n) is 4.54. The Morgan fingerprint density at radius 1 is 1.12 bits per heavy atom. The van der Waals surface area contributed by atoms with Gasteiger partial charge >= 0.3 is 6.03 Å². The Balaban J connectivity index is 1.45. The summed E-state index contributed by atoms with van der Waals surface area (Å²) in [7, 11) is 1.57. The van der Waals surface area contributed by atoms with Crippen LogP contribution >= 0.6 is 0 Å². The molecule has 0 saturated carbocycles. The Morgan fingerprint density at radius 3 is 2.73 bits per heavy atom. The number of fused-ring (bicyclic) bond motifs is 1.